The minimum atomic E-state index is -1.02. The number of rotatable bonds is 12. The fraction of sp³-hybridized carbons (Fsp3) is 0.100. The van der Waals surface area contributed by atoms with E-state index in [0.717, 1.165) is 28.2 Å². The third-order valence-electron chi connectivity index (χ3n) is 8.05. The summed E-state index contributed by atoms with van der Waals surface area (Å²) in [5, 5.41) is 10.8. The van der Waals surface area contributed by atoms with Gasteiger partial charge in [-0.3, -0.25) is 9.59 Å². The molecule has 2 amide bonds. The van der Waals surface area contributed by atoms with Crippen molar-refractivity contribution in [2.75, 3.05) is 10.6 Å². The smallest absolute Gasteiger partial charge is 0.349 e. The number of hydrogen-bond acceptors (Lipinski definition) is 7. The monoisotopic (exact) mass is 804 g/mol. The largest absolute Gasteiger partial charge is 0.386 e. The number of esters is 2. The summed E-state index contributed by atoms with van der Waals surface area (Å²) in [6.07, 6.45) is 0.771. The van der Waals surface area contributed by atoms with Crippen molar-refractivity contribution in [1.82, 2.24) is 0 Å². The molecule has 268 valence electrons. The predicted molar refractivity (Wildman–Crippen MR) is 211 cm³/mol. The Bertz CT molecular complexity index is 2150. The Morgan fingerprint density at radius 1 is 0.585 bits per heavy atom. The van der Waals surface area contributed by atoms with Crippen molar-refractivity contribution in [3.63, 3.8) is 0 Å². The number of anilines is 2. The molecule has 0 aliphatic heterocycles. The first-order valence-electron chi connectivity index (χ1n) is 16.1. The van der Waals surface area contributed by atoms with E-state index in [1.54, 1.807) is 89.6 Å². The van der Waals surface area contributed by atoms with Gasteiger partial charge in [0.15, 0.2) is 0 Å². The molecular weight excluding hydrogens is 778 g/mol. The van der Waals surface area contributed by atoms with Crippen molar-refractivity contribution in [2.24, 2.45) is 0 Å². The Morgan fingerprint density at radius 2 is 1.04 bits per heavy atom. The summed E-state index contributed by atoms with van der Waals surface area (Å²) in [4.78, 5) is 54.3. The summed E-state index contributed by atoms with van der Waals surface area (Å²) in [7, 11) is 0. The SMILES string of the molecule is O=C(CCc1cccc(F)c1)Nc1scc(-c2ccc(Cl)cc2)c1C(=O)OC(=O)c1c(-c2ccc(Cl)cc2)csc1NC(=O)CCc1cccc(Cl)c1. The highest BCUT2D eigenvalue weighted by atomic mass is 35.5. The van der Waals surface area contributed by atoms with Crippen molar-refractivity contribution in [3.8, 4) is 22.3 Å². The van der Waals surface area contributed by atoms with E-state index in [1.807, 2.05) is 6.07 Å². The third-order valence-corrected chi connectivity index (χ3v) is 10.6. The first-order valence-corrected chi connectivity index (χ1v) is 19.0. The lowest BCUT2D eigenvalue weighted by atomic mass is 10.0. The molecule has 0 fully saturated rings. The van der Waals surface area contributed by atoms with Crippen LogP contribution in [-0.2, 0) is 27.2 Å². The van der Waals surface area contributed by atoms with Crippen molar-refractivity contribution < 1.29 is 28.3 Å². The maximum atomic E-state index is 14.0. The number of thiophene rings is 2. The van der Waals surface area contributed by atoms with E-state index in [4.69, 9.17) is 39.5 Å². The Labute approximate surface area is 327 Å². The van der Waals surface area contributed by atoms with Crippen molar-refractivity contribution in [1.29, 1.82) is 0 Å². The molecule has 0 atom stereocenters. The first kappa shape index (κ1) is 37.9. The molecule has 2 heterocycles. The molecular formula is C40H28Cl3FN2O5S2. The van der Waals surface area contributed by atoms with Crippen LogP contribution in [0, 0.1) is 5.82 Å². The number of benzene rings is 4. The molecule has 0 saturated carbocycles. The van der Waals surface area contributed by atoms with Gasteiger partial charge < -0.3 is 15.4 Å². The van der Waals surface area contributed by atoms with E-state index in [0.29, 0.717) is 49.3 Å². The zero-order valence-electron chi connectivity index (χ0n) is 27.6. The van der Waals surface area contributed by atoms with Gasteiger partial charge >= 0.3 is 11.9 Å². The topological polar surface area (TPSA) is 102 Å². The fourth-order valence-electron chi connectivity index (χ4n) is 5.45. The van der Waals surface area contributed by atoms with Crippen LogP contribution in [0.25, 0.3) is 22.3 Å². The Balaban J connectivity index is 1.27. The second-order valence-corrected chi connectivity index (χ2v) is 14.8. The number of carbonyl (C=O) groups is 4. The van der Waals surface area contributed by atoms with Gasteiger partial charge in [-0.05, 0) is 83.6 Å². The molecule has 4 aromatic carbocycles. The number of carbonyl (C=O) groups excluding carboxylic acids is 4. The molecule has 0 radical (unpaired) electrons. The molecule has 53 heavy (non-hydrogen) atoms. The number of halogens is 4. The molecule has 0 bridgehead atoms. The second-order valence-electron chi connectivity index (χ2n) is 11.8. The van der Waals surface area contributed by atoms with Crippen LogP contribution in [0.2, 0.25) is 15.1 Å². The number of amides is 2. The lowest BCUT2D eigenvalue weighted by Gasteiger charge is -2.11. The third kappa shape index (κ3) is 9.78. The van der Waals surface area contributed by atoms with Crippen LogP contribution in [-0.4, -0.2) is 23.8 Å². The van der Waals surface area contributed by atoms with Crippen LogP contribution in [0.4, 0.5) is 14.4 Å². The average molecular weight is 806 g/mol. The zero-order valence-corrected chi connectivity index (χ0v) is 31.5. The van der Waals surface area contributed by atoms with Gasteiger partial charge in [-0.2, -0.15) is 0 Å². The van der Waals surface area contributed by atoms with Gasteiger partial charge in [-0.25, -0.2) is 14.0 Å². The van der Waals surface area contributed by atoms with Crippen molar-refractivity contribution in [3.05, 3.63) is 151 Å². The minimum absolute atomic E-state index is 0.00474. The molecule has 2 N–H and O–H groups in total. The standard InChI is InChI=1S/C40H28Cl3FN2O5S2/c41-27-13-9-25(10-14-27)31-21-52-37(45-33(47)17-7-23-3-1-5-29(43)19-23)35(31)39(49)51-40(50)36-32(26-11-15-28(42)16-12-26)22-53-38(36)46-34(48)18-8-24-4-2-6-30(44)20-24/h1-6,9-16,19-22H,7-8,17-18H2,(H,45,47)(H,46,48). The van der Waals surface area contributed by atoms with Crippen LogP contribution in [0.15, 0.2) is 108 Å². The Morgan fingerprint density at radius 3 is 1.49 bits per heavy atom. The minimum Gasteiger partial charge on any atom is -0.386 e. The van der Waals surface area contributed by atoms with Crippen LogP contribution in [0.1, 0.15) is 44.7 Å². The number of aryl methyl sites for hydroxylation is 2. The molecule has 0 unspecified atom stereocenters. The lowest BCUT2D eigenvalue weighted by Crippen LogP contribution is -2.19. The summed E-state index contributed by atoms with van der Waals surface area (Å²) in [5.41, 5.74) is 3.47. The van der Waals surface area contributed by atoms with E-state index >= 15 is 0 Å². The van der Waals surface area contributed by atoms with E-state index in [1.165, 1.54) is 12.1 Å². The van der Waals surface area contributed by atoms with Crippen LogP contribution >= 0.6 is 57.5 Å². The van der Waals surface area contributed by atoms with Gasteiger partial charge in [0.1, 0.15) is 26.9 Å². The fourth-order valence-corrected chi connectivity index (χ4v) is 7.87. The van der Waals surface area contributed by atoms with Gasteiger partial charge in [0, 0.05) is 49.8 Å². The number of hydrogen-bond donors (Lipinski definition) is 2. The van der Waals surface area contributed by atoms with Crippen LogP contribution < -0.4 is 10.6 Å². The van der Waals surface area contributed by atoms with Gasteiger partial charge in [0.25, 0.3) is 0 Å². The number of ether oxygens (including phenoxy) is 1. The zero-order chi connectivity index (χ0) is 37.5. The van der Waals surface area contributed by atoms with Gasteiger partial charge in [0.2, 0.25) is 11.8 Å². The normalized spacial score (nSPS) is 10.9. The van der Waals surface area contributed by atoms with E-state index in [9.17, 15) is 23.6 Å². The summed E-state index contributed by atoms with van der Waals surface area (Å²) in [6.45, 7) is 0. The highest BCUT2D eigenvalue weighted by molar-refractivity contribution is 7.15. The lowest BCUT2D eigenvalue weighted by molar-refractivity contribution is -0.117. The molecule has 7 nitrogen and oxygen atoms in total. The summed E-state index contributed by atoms with van der Waals surface area (Å²) in [5.74, 6) is -3.23. The van der Waals surface area contributed by atoms with Gasteiger partial charge in [-0.15, -0.1) is 22.7 Å². The van der Waals surface area contributed by atoms with E-state index < -0.39 is 23.7 Å². The molecule has 13 heteroatoms. The molecule has 0 aliphatic rings. The molecule has 0 spiro atoms. The average Bonchev–Trinajstić information content (AvgIpc) is 3.75. The molecule has 6 rings (SSSR count). The highest BCUT2D eigenvalue weighted by Crippen LogP contribution is 2.40. The quantitative estimate of drug-likeness (QED) is 0.0947. The molecule has 2 aromatic heterocycles. The summed E-state index contributed by atoms with van der Waals surface area (Å²) in [6, 6.07) is 26.6. The van der Waals surface area contributed by atoms with Crippen LogP contribution in [0.3, 0.4) is 0 Å². The Kier molecular flexibility index (Phi) is 12.4. The molecule has 6 aromatic rings. The van der Waals surface area contributed by atoms with Gasteiger partial charge in [-0.1, -0.05) is 83.3 Å². The summed E-state index contributed by atoms with van der Waals surface area (Å²) < 4.78 is 19.3. The molecule has 0 aliphatic carbocycles. The Hall–Kier alpha value is -4.84. The maximum absolute atomic E-state index is 14.0. The predicted octanol–water partition coefficient (Wildman–Crippen LogP) is 11.4. The number of nitrogens with one attached hydrogen (secondary N) is 2. The molecule has 0 saturated heterocycles. The van der Waals surface area contributed by atoms with E-state index in [2.05, 4.69) is 10.6 Å². The summed E-state index contributed by atoms with van der Waals surface area (Å²) >= 11 is 20.5. The van der Waals surface area contributed by atoms with E-state index in [-0.39, 0.29) is 46.3 Å². The highest BCUT2D eigenvalue weighted by Gasteiger charge is 2.29. The second kappa shape index (κ2) is 17.3. The maximum Gasteiger partial charge on any atom is 0.349 e. The van der Waals surface area contributed by atoms with Crippen molar-refractivity contribution in [2.45, 2.75) is 25.7 Å². The van der Waals surface area contributed by atoms with Crippen molar-refractivity contribution >= 4 is 91.2 Å². The van der Waals surface area contributed by atoms with Gasteiger partial charge in [0.05, 0.1) is 0 Å². The van der Waals surface area contributed by atoms with Crippen LogP contribution in [0.5, 0.6) is 0 Å². The first-order chi connectivity index (χ1) is 25.5.